The quantitative estimate of drug-likeness (QED) is 0.919. The molecule has 0 radical (unpaired) electrons. The summed E-state index contributed by atoms with van der Waals surface area (Å²) in [6.45, 7) is 2.58. The van der Waals surface area contributed by atoms with Gasteiger partial charge < -0.3 is 9.88 Å². The number of nitrogens with one attached hydrogen (secondary N) is 1. The maximum Gasteiger partial charge on any atom is 0.421 e. The molecule has 0 aromatic carbocycles. The monoisotopic (exact) mass is 301 g/mol. The zero-order valence-electron chi connectivity index (χ0n) is 11.5. The number of nitriles is 1. The van der Waals surface area contributed by atoms with Crippen molar-refractivity contribution in [3.63, 3.8) is 0 Å². The van der Waals surface area contributed by atoms with E-state index in [1.165, 1.54) is 6.92 Å². The third-order valence-electron chi connectivity index (χ3n) is 3.01. The normalized spacial score (nSPS) is 14.1. The van der Waals surface area contributed by atoms with Gasteiger partial charge in [0.05, 0.1) is 6.07 Å². The van der Waals surface area contributed by atoms with E-state index in [0.717, 1.165) is 12.3 Å². The van der Waals surface area contributed by atoms with E-state index in [2.05, 4.69) is 5.32 Å². The second-order valence-electron chi connectivity index (χ2n) is 4.70. The number of nitrogens with zero attached hydrogens (tertiary/aromatic N) is 2. The van der Waals surface area contributed by atoms with Gasteiger partial charge in [0, 0.05) is 6.20 Å². The Labute approximate surface area is 119 Å². The lowest BCUT2D eigenvalue weighted by atomic mass is 10.0. The number of carbonyl (C=O) groups excluding carboxylic acids is 1. The van der Waals surface area contributed by atoms with Crippen LogP contribution < -0.4 is 10.9 Å². The fourth-order valence-electron chi connectivity index (χ4n) is 1.57. The number of hydrogen-bond acceptors (Lipinski definition) is 3. The third-order valence-corrected chi connectivity index (χ3v) is 3.01. The maximum atomic E-state index is 12.6. The van der Waals surface area contributed by atoms with Crippen molar-refractivity contribution in [1.29, 1.82) is 5.26 Å². The molecule has 1 atom stereocenters. The number of alkyl halides is 3. The van der Waals surface area contributed by atoms with Crippen LogP contribution in [0.3, 0.4) is 0 Å². The number of hydrogen-bond donors (Lipinski definition) is 1. The van der Waals surface area contributed by atoms with Crippen molar-refractivity contribution >= 4 is 5.91 Å². The predicted molar refractivity (Wildman–Crippen MR) is 68.2 cm³/mol. The standard InChI is InChI=1S/C13H14F3N3O2/c1-3-12(2,8-17)18-10(20)7-19-6-4-5-9(11(19)21)13(14,15)16/h4-6H,3,7H2,1-2H3,(H,18,20)/t12-/m0/s1. The molecular formula is C13H14F3N3O2. The lowest BCUT2D eigenvalue weighted by Gasteiger charge is -2.21. The molecule has 1 amide bonds. The lowest BCUT2D eigenvalue weighted by Crippen LogP contribution is -2.46. The molecule has 0 spiro atoms. The SMILES string of the molecule is CC[C@@](C)(C#N)NC(=O)Cn1cccc(C(F)(F)F)c1=O. The molecule has 1 heterocycles. The van der Waals surface area contributed by atoms with Crippen molar-refractivity contribution in [2.45, 2.75) is 38.5 Å². The minimum Gasteiger partial charge on any atom is -0.337 e. The van der Waals surface area contributed by atoms with Crippen LogP contribution in [0.4, 0.5) is 13.2 Å². The molecule has 21 heavy (non-hydrogen) atoms. The number of halogens is 3. The van der Waals surface area contributed by atoms with Crippen LogP contribution in [0.25, 0.3) is 0 Å². The minimum atomic E-state index is -4.78. The van der Waals surface area contributed by atoms with Crippen molar-refractivity contribution in [3.05, 3.63) is 34.2 Å². The molecule has 1 aromatic rings. The Morgan fingerprint density at radius 3 is 2.57 bits per heavy atom. The molecule has 1 rings (SSSR count). The number of rotatable bonds is 4. The van der Waals surface area contributed by atoms with Crippen LogP contribution in [0, 0.1) is 11.3 Å². The summed E-state index contributed by atoms with van der Waals surface area (Å²) in [5.74, 6) is -0.706. The zero-order valence-corrected chi connectivity index (χ0v) is 11.5. The summed E-state index contributed by atoms with van der Waals surface area (Å²) in [4.78, 5) is 23.4. The largest absolute Gasteiger partial charge is 0.421 e. The first-order valence-electron chi connectivity index (χ1n) is 6.12. The minimum absolute atomic E-state index is 0.326. The molecular weight excluding hydrogens is 287 g/mol. The molecule has 5 nitrogen and oxygen atoms in total. The Kier molecular flexibility index (Phi) is 4.78. The van der Waals surface area contributed by atoms with E-state index in [0.29, 0.717) is 17.1 Å². The van der Waals surface area contributed by atoms with E-state index in [1.807, 2.05) is 6.07 Å². The van der Waals surface area contributed by atoms with E-state index in [-0.39, 0.29) is 0 Å². The Hall–Kier alpha value is -2.30. The van der Waals surface area contributed by atoms with Crippen molar-refractivity contribution in [1.82, 2.24) is 9.88 Å². The summed E-state index contributed by atoms with van der Waals surface area (Å²) in [7, 11) is 0. The Balaban J connectivity index is 2.98. The van der Waals surface area contributed by atoms with Crippen LogP contribution in [-0.2, 0) is 17.5 Å². The van der Waals surface area contributed by atoms with Crippen molar-refractivity contribution in [3.8, 4) is 6.07 Å². The van der Waals surface area contributed by atoms with Crippen LogP contribution in [0.1, 0.15) is 25.8 Å². The fraction of sp³-hybridized carbons (Fsp3) is 0.462. The van der Waals surface area contributed by atoms with Crippen LogP contribution in [0.2, 0.25) is 0 Å². The molecule has 0 saturated heterocycles. The molecule has 8 heteroatoms. The molecule has 0 unspecified atom stereocenters. The first-order chi connectivity index (χ1) is 9.63. The van der Waals surface area contributed by atoms with Gasteiger partial charge in [0.1, 0.15) is 17.6 Å². The van der Waals surface area contributed by atoms with Crippen molar-refractivity contribution in [2.75, 3.05) is 0 Å². The number of pyridine rings is 1. The third kappa shape index (κ3) is 4.08. The average Bonchev–Trinajstić information content (AvgIpc) is 2.39. The number of amides is 1. The molecule has 0 aliphatic rings. The highest BCUT2D eigenvalue weighted by Gasteiger charge is 2.34. The smallest absolute Gasteiger partial charge is 0.337 e. The lowest BCUT2D eigenvalue weighted by molar-refractivity contribution is -0.139. The summed E-state index contributed by atoms with van der Waals surface area (Å²) < 4.78 is 38.4. The summed E-state index contributed by atoms with van der Waals surface area (Å²) in [6.07, 6.45) is -3.36. The van der Waals surface area contributed by atoms with E-state index in [4.69, 9.17) is 5.26 Å². The summed E-state index contributed by atoms with van der Waals surface area (Å²) in [6, 6.07) is 3.59. The predicted octanol–water partition coefficient (Wildman–Crippen LogP) is 1.68. The highest BCUT2D eigenvalue weighted by molar-refractivity contribution is 5.77. The van der Waals surface area contributed by atoms with Gasteiger partial charge >= 0.3 is 6.18 Å². The van der Waals surface area contributed by atoms with Gasteiger partial charge in [0.25, 0.3) is 5.56 Å². The van der Waals surface area contributed by atoms with Crippen LogP contribution >= 0.6 is 0 Å². The zero-order chi connectivity index (χ0) is 16.3. The molecule has 1 aromatic heterocycles. The van der Waals surface area contributed by atoms with Crippen LogP contribution in [0.15, 0.2) is 23.1 Å². The molecule has 0 aliphatic heterocycles. The van der Waals surface area contributed by atoms with Gasteiger partial charge in [-0.05, 0) is 25.5 Å². The topological polar surface area (TPSA) is 74.9 Å². The first-order valence-corrected chi connectivity index (χ1v) is 6.12. The highest BCUT2D eigenvalue weighted by atomic mass is 19.4. The second-order valence-corrected chi connectivity index (χ2v) is 4.70. The van der Waals surface area contributed by atoms with Gasteiger partial charge in [-0.3, -0.25) is 9.59 Å². The second kappa shape index (κ2) is 5.99. The summed E-state index contributed by atoms with van der Waals surface area (Å²) in [5.41, 5.74) is -3.76. The summed E-state index contributed by atoms with van der Waals surface area (Å²) >= 11 is 0. The number of aromatic nitrogens is 1. The molecule has 114 valence electrons. The number of carbonyl (C=O) groups is 1. The van der Waals surface area contributed by atoms with Gasteiger partial charge in [0.2, 0.25) is 5.91 Å². The van der Waals surface area contributed by atoms with E-state index < -0.39 is 35.3 Å². The maximum absolute atomic E-state index is 12.6. The first kappa shape index (κ1) is 16.8. The highest BCUT2D eigenvalue weighted by Crippen LogP contribution is 2.25. The average molecular weight is 301 g/mol. The Bertz CT molecular complexity index is 631. The van der Waals surface area contributed by atoms with Gasteiger partial charge in [0.15, 0.2) is 0 Å². The van der Waals surface area contributed by atoms with E-state index in [1.54, 1.807) is 6.92 Å². The van der Waals surface area contributed by atoms with Gasteiger partial charge in [-0.2, -0.15) is 18.4 Å². The van der Waals surface area contributed by atoms with Gasteiger partial charge in [-0.1, -0.05) is 6.92 Å². The molecule has 0 saturated carbocycles. The molecule has 1 N–H and O–H groups in total. The Morgan fingerprint density at radius 2 is 2.10 bits per heavy atom. The summed E-state index contributed by atoms with van der Waals surface area (Å²) in [5, 5.41) is 11.3. The van der Waals surface area contributed by atoms with Crippen LogP contribution in [-0.4, -0.2) is 16.0 Å². The fourth-order valence-corrected chi connectivity index (χ4v) is 1.57. The van der Waals surface area contributed by atoms with Crippen LogP contribution in [0.5, 0.6) is 0 Å². The molecule has 0 fully saturated rings. The molecule has 0 aliphatic carbocycles. The van der Waals surface area contributed by atoms with Crippen molar-refractivity contribution in [2.24, 2.45) is 0 Å². The van der Waals surface area contributed by atoms with Gasteiger partial charge in [-0.25, -0.2) is 0 Å². The van der Waals surface area contributed by atoms with Gasteiger partial charge in [-0.15, -0.1) is 0 Å². The van der Waals surface area contributed by atoms with E-state index >= 15 is 0 Å². The van der Waals surface area contributed by atoms with E-state index in [9.17, 15) is 22.8 Å². The van der Waals surface area contributed by atoms with Crippen molar-refractivity contribution < 1.29 is 18.0 Å². The Morgan fingerprint density at radius 1 is 1.48 bits per heavy atom. The molecule has 0 bridgehead atoms.